The minimum Gasteiger partial charge on any atom is -0.452 e. The number of carbonyl (C=O) groups is 2. The molecule has 0 spiro atoms. The number of aromatic nitrogens is 2. The molecule has 0 saturated carbocycles. The highest BCUT2D eigenvalue weighted by molar-refractivity contribution is 5.97. The Hall–Kier alpha value is -3.45. The van der Waals surface area contributed by atoms with Crippen LogP contribution in [-0.2, 0) is 14.3 Å². The van der Waals surface area contributed by atoms with Crippen LogP contribution in [0.2, 0.25) is 0 Å². The molecule has 0 atom stereocenters. The maximum absolute atomic E-state index is 13.0. The summed E-state index contributed by atoms with van der Waals surface area (Å²) in [6, 6.07) is 15.5. The molecular weight excluding hydrogens is 394 g/mol. The number of benzene rings is 2. The fourth-order valence-corrected chi connectivity index (χ4v) is 3.45. The third-order valence-corrected chi connectivity index (χ3v) is 5.43. The van der Waals surface area contributed by atoms with Crippen molar-refractivity contribution in [2.45, 2.75) is 13.8 Å². The van der Waals surface area contributed by atoms with E-state index in [0.717, 1.165) is 22.4 Å². The van der Waals surface area contributed by atoms with E-state index in [2.05, 4.69) is 5.10 Å². The molecule has 1 aromatic heterocycles. The Morgan fingerprint density at radius 2 is 1.77 bits per heavy atom. The van der Waals surface area contributed by atoms with E-state index in [4.69, 9.17) is 9.47 Å². The molecule has 0 aliphatic carbocycles. The number of rotatable bonds is 5. The lowest BCUT2D eigenvalue weighted by atomic mass is 10.0. The van der Waals surface area contributed by atoms with E-state index in [0.29, 0.717) is 37.6 Å². The average Bonchev–Trinajstić information content (AvgIpc) is 3.26. The van der Waals surface area contributed by atoms with Gasteiger partial charge in [0.1, 0.15) is 11.3 Å². The average molecular weight is 419 g/mol. The Morgan fingerprint density at radius 1 is 1.03 bits per heavy atom. The van der Waals surface area contributed by atoms with Crippen molar-refractivity contribution in [2.24, 2.45) is 0 Å². The monoisotopic (exact) mass is 419 g/mol. The molecule has 4 rings (SSSR count). The minimum absolute atomic E-state index is 0.222. The molecule has 1 aliphatic rings. The number of para-hydroxylation sites is 1. The second kappa shape index (κ2) is 9.14. The SMILES string of the molecule is Cc1ccc(-c2nn(-c3ccccc3)cc2C(=O)OCC(=O)N2CCOCC2)cc1C. The van der Waals surface area contributed by atoms with Gasteiger partial charge in [0, 0.05) is 24.8 Å². The molecule has 0 N–H and O–H groups in total. The normalized spacial score (nSPS) is 13.8. The molecule has 160 valence electrons. The summed E-state index contributed by atoms with van der Waals surface area (Å²) in [6.07, 6.45) is 1.65. The van der Waals surface area contributed by atoms with Gasteiger partial charge in [-0.25, -0.2) is 9.48 Å². The number of amides is 1. The third kappa shape index (κ3) is 4.67. The summed E-state index contributed by atoms with van der Waals surface area (Å²) in [5.41, 5.74) is 4.76. The third-order valence-electron chi connectivity index (χ3n) is 5.43. The number of hydrogen-bond acceptors (Lipinski definition) is 5. The minimum atomic E-state index is -0.572. The smallest absolute Gasteiger partial charge is 0.342 e. The van der Waals surface area contributed by atoms with Crippen molar-refractivity contribution in [3.63, 3.8) is 0 Å². The standard InChI is InChI=1S/C24H25N3O4/c1-17-8-9-19(14-18(17)2)23-21(15-27(25-23)20-6-4-3-5-7-20)24(29)31-16-22(28)26-10-12-30-13-11-26/h3-9,14-15H,10-13,16H2,1-2H3. The number of esters is 1. The summed E-state index contributed by atoms with van der Waals surface area (Å²) >= 11 is 0. The summed E-state index contributed by atoms with van der Waals surface area (Å²) in [5, 5.41) is 4.66. The Balaban J connectivity index is 1.61. The molecule has 31 heavy (non-hydrogen) atoms. The van der Waals surface area contributed by atoms with Gasteiger partial charge in [-0.05, 0) is 43.2 Å². The lowest BCUT2D eigenvalue weighted by Gasteiger charge is -2.26. The molecule has 1 aliphatic heterocycles. The van der Waals surface area contributed by atoms with E-state index < -0.39 is 5.97 Å². The number of morpholine rings is 1. The zero-order chi connectivity index (χ0) is 21.8. The number of hydrogen-bond donors (Lipinski definition) is 0. The summed E-state index contributed by atoms with van der Waals surface area (Å²) in [7, 11) is 0. The van der Waals surface area contributed by atoms with Crippen LogP contribution in [0.5, 0.6) is 0 Å². The quantitative estimate of drug-likeness (QED) is 0.594. The van der Waals surface area contributed by atoms with Crippen molar-refractivity contribution in [3.05, 3.63) is 71.4 Å². The lowest BCUT2D eigenvalue weighted by Crippen LogP contribution is -2.42. The molecule has 1 amide bonds. The van der Waals surface area contributed by atoms with Gasteiger partial charge in [0.2, 0.25) is 0 Å². The summed E-state index contributed by atoms with van der Waals surface area (Å²) in [6.45, 7) is 5.77. The van der Waals surface area contributed by atoms with Crippen molar-refractivity contribution in [1.82, 2.24) is 14.7 Å². The summed E-state index contributed by atoms with van der Waals surface area (Å²) < 4.78 is 12.3. The van der Waals surface area contributed by atoms with Crippen molar-refractivity contribution >= 4 is 11.9 Å². The molecule has 1 saturated heterocycles. The van der Waals surface area contributed by atoms with E-state index in [-0.39, 0.29) is 12.5 Å². The molecule has 2 aromatic carbocycles. The van der Waals surface area contributed by atoms with E-state index in [9.17, 15) is 9.59 Å². The first-order chi connectivity index (χ1) is 15.0. The maximum atomic E-state index is 13.0. The van der Waals surface area contributed by atoms with Crippen LogP contribution in [0, 0.1) is 13.8 Å². The Labute approximate surface area is 181 Å². The molecule has 7 nitrogen and oxygen atoms in total. The van der Waals surface area contributed by atoms with Crippen LogP contribution >= 0.6 is 0 Å². The van der Waals surface area contributed by atoms with Crippen LogP contribution < -0.4 is 0 Å². The number of ether oxygens (including phenoxy) is 2. The van der Waals surface area contributed by atoms with Crippen molar-refractivity contribution < 1.29 is 19.1 Å². The fraction of sp³-hybridized carbons (Fsp3) is 0.292. The predicted octanol–water partition coefficient (Wildman–Crippen LogP) is 3.17. The first-order valence-corrected chi connectivity index (χ1v) is 10.3. The van der Waals surface area contributed by atoms with Gasteiger partial charge in [-0.3, -0.25) is 4.79 Å². The molecule has 0 unspecified atom stereocenters. The van der Waals surface area contributed by atoms with Gasteiger partial charge in [-0.2, -0.15) is 5.10 Å². The fourth-order valence-electron chi connectivity index (χ4n) is 3.45. The summed E-state index contributed by atoms with van der Waals surface area (Å²) in [4.78, 5) is 27.0. The van der Waals surface area contributed by atoms with Crippen LogP contribution in [0.25, 0.3) is 16.9 Å². The second-order valence-electron chi connectivity index (χ2n) is 7.54. The molecule has 0 bridgehead atoms. The van der Waals surface area contributed by atoms with Crippen molar-refractivity contribution in [2.75, 3.05) is 32.9 Å². The van der Waals surface area contributed by atoms with Gasteiger partial charge in [-0.1, -0.05) is 30.3 Å². The topological polar surface area (TPSA) is 73.7 Å². The highest BCUT2D eigenvalue weighted by atomic mass is 16.5. The largest absolute Gasteiger partial charge is 0.452 e. The number of aryl methyl sites for hydroxylation is 2. The van der Waals surface area contributed by atoms with Crippen molar-refractivity contribution in [3.8, 4) is 16.9 Å². The van der Waals surface area contributed by atoms with Crippen LogP contribution in [0.4, 0.5) is 0 Å². The zero-order valence-corrected chi connectivity index (χ0v) is 17.7. The first kappa shape index (κ1) is 20.8. The lowest BCUT2D eigenvalue weighted by molar-refractivity contribution is -0.138. The number of nitrogens with zero attached hydrogens (tertiary/aromatic N) is 3. The number of carbonyl (C=O) groups excluding carboxylic acids is 2. The summed E-state index contributed by atoms with van der Waals surface area (Å²) in [5.74, 6) is -0.795. The Kier molecular flexibility index (Phi) is 6.13. The van der Waals surface area contributed by atoms with Gasteiger partial charge in [0.05, 0.1) is 18.9 Å². The highest BCUT2D eigenvalue weighted by Crippen LogP contribution is 2.26. The zero-order valence-electron chi connectivity index (χ0n) is 17.7. The van der Waals surface area contributed by atoms with Gasteiger partial charge in [0.15, 0.2) is 6.61 Å². The highest BCUT2D eigenvalue weighted by Gasteiger charge is 2.23. The predicted molar refractivity (Wildman–Crippen MR) is 116 cm³/mol. The van der Waals surface area contributed by atoms with Gasteiger partial charge in [0.25, 0.3) is 5.91 Å². The van der Waals surface area contributed by atoms with E-state index in [1.165, 1.54) is 0 Å². The van der Waals surface area contributed by atoms with Gasteiger partial charge >= 0.3 is 5.97 Å². The van der Waals surface area contributed by atoms with E-state index in [1.807, 2.05) is 62.4 Å². The van der Waals surface area contributed by atoms with Gasteiger partial charge < -0.3 is 14.4 Å². The molecule has 7 heteroatoms. The molecular formula is C24H25N3O4. The van der Waals surface area contributed by atoms with Crippen LogP contribution in [0.15, 0.2) is 54.7 Å². The first-order valence-electron chi connectivity index (χ1n) is 10.3. The molecule has 2 heterocycles. The van der Waals surface area contributed by atoms with Crippen molar-refractivity contribution in [1.29, 1.82) is 0 Å². The Bertz CT molecular complexity index is 1090. The van der Waals surface area contributed by atoms with Crippen LogP contribution in [0.1, 0.15) is 21.5 Å². The molecule has 1 fully saturated rings. The molecule has 0 radical (unpaired) electrons. The second-order valence-corrected chi connectivity index (χ2v) is 7.54. The Morgan fingerprint density at radius 3 is 2.48 bits per heavy atom. The van der Waals surface area contributed by atoms with Crippen LogP contribution in [-0.4, -0.2) is 59.5 Å². The van der Waals surface area contributed by atoms with Crippen LogP contribution in [0.3, 0.4) is 0 Å². The van der Waals surface area contributed by atoms with E-state index in [1.54, 1.807) is 15.8 Å². The maximum Gasteiger partial charge on any atom is 0.342 e. The van der Waals surface area contributed by atoms with Gasteiger partial charge in [-0.15, -0.1) is 0 Å². The van der Waals surface area contributed by atoms with E-state index >= 15 is 0 Å². The molecule has 3 aromatic rings.